The number of pyridine rings is 1. The molecule has 0 aliphatic heterocycles. The van der Waals surface area contributed by atoms with Crippen LogP contribution in [0.1, 0.15) is 63.3 Å². The molecule has 7 heteroatoms. The Labute approximate surface area is 230 Å². The molecule has 1 aliphatic carbocycles. The van der Waals surface area contributed by atoms with Crippen LogP contribution in [0, 0.1) is 6.92 Å². The molecule has 2 aromatic carbocycles. The summed E-state index contributed by atoms with van der Waals surface area (Å²) in [5.41, 5.74) is 5.32. The third-order valence-corrected chi connectivity index (χ3v) is 6.32. The van der Waals surface area contributed by atoms with Crippen molar-refractivity contribution in [2.24, 2.45) is 0 Å². The lowest BCUT2D eigenvalue weighted by atomic mass is 9.86. The van der Waals surface area contributed by atoms with E-state index in [0.29, 0.717) is 24.6 Å². The SMILES string of the molecule is Cc1ccc(C2=C(C(=O)Nc3ccc(OCCc4cccc(NC(=O)OC(C)(C)C)n4)cc3)CCCC2)cc1. The number of benzene rings is 2. The zero-order chi connectivity index (χ0) is 27.8. The highest BCUT2D eigenvalue weighted by Crippen LogP contribution is 2.33. The largest absolute Gasteiger partial charge is 0.493 e. The van der Waals surface area contributed by atoms with Gasteiger partial charge in [0.1, 0.15) is 17.2 Å². The second-order valence-electron chi connectivity index (χ2n) is 10.7. The summed E-state index contributed by atoms with van der Waals surface area (Å²) < 4.78 is 11.2. The number of carbonyl (C=O) groups is 2. The van der Waals surface area contributed by atoms with E-state index in [1.165, 1.54) is 5.56 Å². The van der Waals surface area contributed by atoms with E-state index in [0.717, 1.165) is 53.8 Å². The number of anilines is 2. The van der Waals surface area contributed by atoms with Crippen LogP contribution in [-0.4, -0.2) is 29.2 Å². The molecule has 204 valence electrons. The number of hydrogen-bond acceptors (Lipinski definition) is 5. The van der Waals surface area contributed by atoms with Crippen molar-refractivity contribution in [2.75, 3.05) is 17.2 Å². The molecule has 2 amide bonds. The van der Waals surface area contributed by atoms with Gasteiger partial charge in [0, 0.05) is 23.4 Å². The molecule has 1 aromatic heterocycles. The van der Waals surface area contributed by atoms with Crippen LogP contribution in [0.5, 0.6) is 5.75 Å². The normalized spacial score (nSPS) is 13.5. The quantitative estimate of drug-likeness (QED) is 0.320. The summed E-state index contributed by atoms with van der Waals surface area (Å²) in [5.74, 6) is 1.10. The zero-order valence-electron chi connectivity index (χ0n) is 23.2. The number of amides is 2. The van der Waals surface area contributed by atoms with Gasteiger partial charge in [-0.1, -0.05) is 35.9 Å². The predicted octanol–water partition coefficient (Wildman–Crippen LogP) is 7.32. The topological polar surface area (TPSA) is 89.6 Å². The standard InChI is InChI=1S/C32H37N3O4/c1-22-12-14-23(15-13-22)27-9-5-6-10-28(27)30(36)34-25-16-18-26(19-17-25)38-21-20-24-8-7-11-29(33-24)35-31(37)39-32(2,3)4/h7-8,11-19H,5-6,9-10,20-21H2,1-4H3,(H,34,36)(H,33,35,37). The van der Waals surface area contributed by atoms with Crippen LogP contribution < -0.4 is 15.4 Å². The fraction of sp³-hybridized carbons (Fsp3) is 0.344. The Kier molecular flexibility index (Phi) is 9.02. The van der Waals surface area contributed by atoms with Crippen LogP contribution in [0.4, 0.5) is 16.3 Å². The molecule has 3 aromatic rings. The molecule has 0 spiro atoms. The fourth-order valence-corrected chi connectivity index (χ4v) is 4.44. The van der Waals surface area contributed by atoms with Crippen molar-refractivity contribution >= 4 is 29.1 Å². The summed E-state index contributed by atoms with van der Waals surface area (Å²) >= 11 is 0. The third-order valence-electron chi connectivity index (χ3n) is 6.32. The van der Waals surface area contributed by atoms with E-state index in [1.807, 2.05) is 57.2 Å². The van der Waals surface area contributed by atoms with Crippen LogP contribution in [0.25, 0.3) is 5.57 Å². The van der Waals surface area contributed by atoms with Crippen molar-refractivity contribution in [1.82, 2.24) is 4.98 Å². The fourth-order valence-electron chi connectivity index (χ4n) is 4.44. The number of aryl methyl sites for hydroxylation is 1. The van der Waals surface area contributed by atoms with Gasteiger partial charge in [-0.3, -0.25) is 10.1 Å². The molecule has 0 fully saturated rings. The first-order valence-corrected chi connectivity index (χ1v) is 13.5. The van der Waals surface area contributed by atoms with Gasteiger partial charge in [0.25, 0.3) is 5.91 Å². The van der Waals surface area contributed by atoms with Gasteiger partial charge in [0.15, 0.2) is 0 Å². The molecule has 7 nitrogen and oxygen atoms in total. The number of rotatable bonds is 8. The van der Waals surface area contributed by atoms with E-state index < -0.39 is 11.7 Å². The Morgan fingerprint density at radius 1 is 0.897 bits per heavy atom. The molecular weight excluding hydrogens is 490 g/mol. The number of nitrogens with zero attached hydrogens (tertiary/aromatic N) is 1. The maximum Gasteiger partial charge on any atom is 0.413 e. The van der Waals surface area contributed by atoms with Crippen molar-refractivity contribution in [2.45, 2.75) is 65.4 Å². The van der Waals surface area contributed by atoms with Crippen LogP contribution in [-0.2, 0) is 16.0 Å². The summed E-state index contributed by atoms with van der Waals surface area (Å²) in [6.07, 6.45) is 3.87. The second kappa shape index (κ2) is 12.6. The smallest absolute Gasteiger partial charge is 0.413 e. The highest BCUT2D eigenvalue weighted by Gasteiger charge is 2.20. The van der Waals surface area contributed by atoms with E-state index in [1.54, 1.807) is 6.07 Å². The van der Waals surface area contributed by atoms with E-state index in [4.69, 9.17) is 9.47 Å². The number of allylic oxidation sites excluding steroid dienone is 1. The lowest BCUT2D eigenvalue weighted by Gasteiger charge is -2.20. The molecule has 0 saturated carbocycles. The Morgan fingerprint density at radius 2 is 1.62 bits per heavy atom. The lowest BCUT2D eigenvalue weighted by Crippen LogP contribution is -2.27. The average Bonchev–Trinajstić information content (AvgIpc) is 2.89. The number of aromatic nitrogens is 1. The van der Waals surface area contributed by atoms with E-state index >= 15 is 0 Å². The van der Waals surface area contributed by atoms with E-state index in [-0.39, 0.29) is 5.91 Å². The summed E-state index contributed by atoms with van der Waals surface area (Å²) in [5, 5.41) is 5.72. The highest BCUT2D eigenvalue weighted by atomic mass is 16.6. The summed E-state index contributed by atoms with van der Waals surface area (Å²) in [6, 6.07) is 21.2. The van der Waals surface area contributed by atoms with Crippen LogP contribution in [0.2, 0.25) is 0 Å². The Bertz CT molecular complexity index is 1320. The molecule has 1 aliphatic rings. The van der Waals surface area contributed by atoms with Gasteiger partial charge >= 0.3 is 6.09 Å². The van der Waals surface area contributed by atoms with E-state index in [2.05, 4.69) is 46.8 Å². The zero-order valence-corrected chi connectivity index (χ0v) is 23.2. The van der Waals surface area contributed by atoms with Gasteiger partial charge in [0.05, 0.1) is 6.61 Å². The van der Waals surface area contributed by atoms with Gasteiger partial charge in [-0.25, -0.2) is 9.78 Å². The molecule has 0 atom stereocenters. The minimum Gasteiger partial charge on any atom is -0.493 e. The first-order chi connectivity index (χ1) is 18.7. The third kappa shape index (κ3) is 8.43. The Balaban J connectivity index is 1.30. The maximum absolute atomic E-state index is 13.2. The summed E-state index contributed by atoms with van der Waals surface area (Å²) in [6.45, 7) is 7.92. The van der Waals surface area contributed by atoms with Gasteiger partial charge in [-0.05, 0) is 101 Å². The molecule has 39 heavy (non-hydrogen) atoms. The van der Waals surface area contributed by atoms with Crippen molar-refractivity contribution in [3.8, 4) is 5.75 Å². The Hall–Kier alpha value is -4.13. The second-order valence-corrected chi connectivity index (χ2v) is 10.7. The van der Waals surface area contributed by atoms with Crippen molar-refractivity contribution < 1.29 is 19.1 Å². The van der Waals surface area contributed by atoms with Gasteiger partial charge in [-0.15, -0.1) is 0 Å². The molecule has 0 bridgehead atoms. The molecule has 1 heterocycles. The van der Waals surface area contributed by atoms with Crippen LogP contribution in [0.3, 0.4) is 0 Å². The number of hydrogen-bond donors (Lipinski definition) is 2. The minimum atomic E-state index is -0.578. The van der Waals surface area contributed by atoms with Crippen molar-refractivity contribution in [3.63, 3.8) is 0 Å². The first kappa shape index (κ1) is 27.9. The number of nitrogens with one attached hydrogen (secondary N) is 2. The molecule has 0 radical (unpaired) electrons. The van der Waals surface area contributed by atoms with Crippen molar-refractivity contribution in [1.29, 1.82) is 0 Å². The summed E-state index contributed by atoms with van der Waals surface area (Å²) in [7, 11) is 0. The number of ether oxygens (including phenoxy) is 2. The minimum absolute atomic E-state index is 0.0371. The molecule has 0 saturated heterocycles. The lowest BCUT2D eigenvalue weighted by molar-refractivity contribution is -0.113. The van der Waals surface area contributed by atoms with Gasteiger partial charge in [-0.2, -0.15) is 0 Å². The maximum atomic E-state index is 13.2. The molecule has 4 rings (SSSR count). The Morgan fingerprint density at radius 3 is 2.33 bits per heavy atom. The van der Waals surface area contributed by atoms with Crippen molar-refractivity contribution in [3.05, 3.63) is 89.1 Å². The van der Waals surface area contributed by atoms with Crippen LogP contribution >= 0.6 is 0 Å². The highest BCUT2D eigenvalue weighted by molar-refractivity contribution is 6.09. The number of carbonyl (C=O) groups excluding carboxylic acids is 2. The van der Waals surface area contributed by atoms with E-state index in [9.17, 15) is 9.59 Å². The molecule has 0 unspecified atom stereocenters. The van der Waals surface area contributed by atoms with Gasteiger partial charge < -0.3 is 14.8 Å². The predicted molar refractivity (Wildman–Crippen MR) is 155 cm³/mol. The van der Waals surface area contributed by atoms with Gasteiger partial charge in [0.2, 0.25) is 0 Å². The average molecular weight is 528 g/mol. The first-order valence-electron chi connectivity index (χ1n) is 13.5. The monoisotopic (exact) mass is 527 g/mol. The molecular formula is C32H37N3O4. The summed E-state index contributed by atoms with van der Waals surface area (Å²) in [4.78, 5) is 29.6. The molecule has 2 N–H and O–H groups in total. The van der Waals surface area contributed by atoms with Crippen LogP contribution in [0.15, 0.2) is 72.3 Å².